The summed E-state index contributed by atoms with van der Waals surface area (Å²) >= 11 is 0. The molecule has 26 heavy (non-hydrogen) atoms. The standard InChI is InChI=1S/C22H26N2O2/c23-11-14-1-3-17(4-2-14)22(10-21(26)24-12-20(25)13-24)18-6-15-5-16(8-18)9-19(22)7-15/h1-4,15-16,18-20,25H,5-10,12-13H2. The van der Waals surface area contributed by atoms with Crippen molar-refractivity contribution in [2.24, 2.45) is 23.7 Å². The highest BCUT2D eigenvalue weighted by Gasteiger charge is 2.58. The number of amides is 1. The van der Waals surface area contributed by atoms with E-state index in [1.807, 2.05) is 17.0 Å². The summed E-state index contributed by atoms with van der Waals surface area (Å²) in [5.41, 5.74) is 1.88. The first-order chi connectivity index (χ1) is 12.6. The Morgan fingerprint density at radius 2 is 1.65 bits per heavy atom. The van der Waals surface area contributed by atoms with E-state index in [0.717, 1.165) is 11.8 Å². The van der Waals surface area contributed by atoms with Crippen LogP contribution in [0.5, 0.6) is 0 Å². The Kier molecular flexibility index (Phi) is 3.66. The van der Waals surface area contributed by atoms with Gasteiger partial charge in [0.1, 0.15) is 0 Å². The minimum Gasteiger partial charge on any atom is -0.389 e. The number of benzene rings is 1. The fourth-order valence-corrected chi connectivity index (χ4v) is 6.76. The van der Waals surface area contributed by atoms with Crippen LogP contribution in [0.4, 0.5) is 0 Å². The van der Waals surface area contributed by atoms with Gasteiger partial charge in [0.05, 0.1) is 17.7 Å². The number of aliphatic hydroxyl groups excluding tert-OH is 1. The Balaban J connectivity index is 1.52. The van der Waals surface area contributed by atoms with E-state index in [4.69, 9.17) is 5.26 Å². The van der Waals surface area contributed by atoms with E-state index >= 15 is 0 Å². The normalized spacial score (nSPS) is 38.1. The number of carbonyl (C=O) groups is 1. The van der Waals surface area contributed by atoms with Gasteiger partial charge in [0.25, 0.3) is 0 Å². The van der Waals surface area contributed by atoms with Gasteiger partial charge in [-0.25, -0.2) is 0 Å². The van der Waals surface area contributed by atoms with E-state index in [9.17, 15) is 9.90 Å². The van der Waals surface area contributed by atoms with Gasteiger partial charge in [-0.15, -0.1) is 0 Å². The van der Waals surface area contributed by atoms with Crippen LogP contribution in [0.15, 0.2) is 24.3 Å². The van der Waals surface area contributed by atoms with E-state index in [0.29, 0.717) is 36.9 Å². The average Bonchev–Trinajstić information content (AvgIpc) is 2.61. The van der Waals surface area contributed by atoms with Crippen LogP contribution < -0.4 is 0 Å². The zero-order chi connectivity index (χ0) is 17.9. The second-order valence-corrected chi connectivity index (χ2v) is 9.16. The number of β-amino-alcohol motifs (C(OH)–C–C–N with tert-alkyl or cyclic N) is 1. The van der Waals surface area contributed by atoms with Crippen LogP contribution >= 0.6 is 0 Å². The van der Waals surface area contributed by atoms with Crippen molar-refractivity contribution >= 4 is 5.91 Å². The SMILES string of the molecule is N#Cc1ccc(C2(CC(=O)N3CC(O)C3)C3CC4CC(C3)CC2C4)cc1. The van der Waals surface area contributed by atoms with Crippen LogP contribution in [0.2, 0.25) is 0 Å². The third kappa shape index (κ3) is 2.33. The zero-order valence-corrected chi connectivity index (χ0v) is 15.1. The second-order valence-electron chi connectivity index (χ2n) is 9.16. The maximum Gasteiger partial charge on any atom is 0.223 e. The minimum absolute atomic E-state index is 0.0704. The molecule has 5 aliphatic rings. The van der Waals surface area contributed by atoms with Gasteiger partial charge in [-0.2, -0.15) is 5.26 Å². The summed E-state index contributed by atoms with van der Waals surface area (Å²) in [6, 6.07) is 10.3. The van der Waals surface area contributed by atoms with Crippen molar-refractivity contribution in [2.45, 2.75) is 50.0 Å². The summed E-state index contributed by atoms with van der Waals surface area (Å²) in [5, 5.41) is 18.7. The number of likely N-dealkylation sites (tertiary alicyclic amines) is 1. The molecule has 1 aromatic rings. The van der Waals surface area contributed by atoms with E-state index in [1.165, 1.54) is 37.7 Å². The van der Waals surface area contributed by atoms with Crippen molar-refractivity contribution in [3.8, 4) is 6.07 Å². The molecule has 4 bridgehead atoms. The van der Waals surface area contributed by atoms with Crippen LogP contribution in [0, 0.1) is 35.0 Å². The van der Waals surface area contributed by atoms with Gasteiger partial charge in [-0.1, -0.05) is 12.1 Å². The molecule has 4 aliphatic carbocycles. The van der Waals surface area contributed by atoms with Gasteiger partial charge in [-0.05, 0) is 73.5 Å². The first-order valence-corrected chi connectivity index (χ1v) is 10.0. The molecule has 1 heterocycles. The lowest BCUT2D eigenvalue weighted by atomic mass is 9.43. The summed E-state index contributed by atoms with van der Waals surface area (Å²) in [6.45, 7) is 0.978. The second kappa shape index (κ2) is 5.82. The number of carbonyl (C=O) groups excluding carboxylic acids is 1. The van der Waals surface area contributed by atoms with E-state index in [-0.39, 0.29) is 17.4 Å². The Morgan fingerprint density at radius 3 is 2.15 bits per heavy atom. The molecule has 0 atom stereocenters. The van der Waals surface area contributed by atoms with Gasteiger partial charge in [0.15, 0.2) is 0 Å². The lowest BCUT2D eigenvalue weighted by Gasteiger charge is -2.62. The fraction of sp³-hybridized carbons (Fsp3) is 0.636. The molecule has 136 valence electrons. The molecular weight excluding hydrogens is 324 g/mol. The minimum atomic E-state index is -0.344. The molecule has 6 rings (SSSR count). The van der Waals surface area contributed by atoms with Gasteiger partial charge >= 0.3 is 0 Å². The van der Waals surface area contributed by atoms with Gasteiger partial charge < -0.3 is 10.0 Å². The van der Waals surface area contributed by atoms with Gasteiger partial charge in [-0.3, -0.25) is 4.79 Å². The number of hydrogen-bond donors (Lipinski definition) is 1. The zero-order valence-electron chi connectivity index (χ0n) is 15.1. The van der Waals surface area contributed by atoms with Crippen molar-refractivity contribution in [3.05, 3.63) is 35.4 Å². The van der Waals surface area contributed by atoms with Crippen molar-refractivity contribution < 1.29 is 9.90 Å². The average molecular weight is 350 g/mol. The summed E-state index contributed by atoms with van der Waals surface area (Å²) < 4.78 is 0. The maximum atomic E-state index is 13.0. The molecule has 1 aromatic carbocycles. The Bertz CT molecular complexity index is 729. The van der Waals surface area contributed by atoms with Crippen LogP contribution in [0.25, 0.3) is 0 Å². The summed E-state index contributed by atoms with van der Waals surface area (Å²) in [4.78, 5) is 14.8. The van der Waals surface area contributed by atoms with Crippen LogP contribution in [-0.4, -0.2) is 35.1 Å². The van der Waals surface area contributed by atoms with Crippen LogP contribution in [0.3, 0.4) is 0 Å². The lowest BCUT2D eigenvalue weighted by molar-refractivity contribution is -0.148. The molecule has 1 aliphatic heterocycles. The van der Waals surface area contributed by atoms with Crippen molar-refractivity contribution in [1.29, 1.82) is 5.26 Å². The molecular formula is C22H26N2O2. The lowest BCUT2D eigenvalue weighted by Crippen LogP contribution is -2.60. The molecule has 1 saturated heterocycles. The molecule has 0 radical (unpaired) electrons. The molecule has 4 heteroatoms. The molecule has 0 aromatic heterocycles. The Morgan fingerprint density at radius 1 is 1.08 bits per heavy atom. The van der Waals surface area contributed by atoms with Crippen molar-refractivity contribution in [3.63, 3.8) is 0 Å². The molecule has 0 spiro atoms. The highest BCUT2D eigenvalue weighted by Crippen LogP contribution is 2.64. The first kappa shape index (κ1) is 16.3. The van der Waals surface area contributed by atoms with Gasteiger partial charge in [0.2, 0.25) is 5.91 Å². The van der Waals surface area contributed by atoms with Crippen molar-refractivity contribution in [1.82, 2.24) is 4.90 Å². The van der Waals surface area contributed by atoms with E-state index < -0.39 is 0 Å². The number of aliphatic hydroxyl groups is 1. The fourth-order valence-electron chi connectivity index (χ4n) is 6.76. The molecule has 5 fully saturated rings. The number of hydrogen-bond acceptors (Lipinski definition) is 3. The predicted molar refractivity (Wildman–Crippen MR) is 97.1 cm³/mol. The summed E-state index contributed by atoms with van der Waals surface area (Å²) in [5.74, 6) is 3.07. The van der Waals surface area contributed by atoms with E-state index in [1.54, 1.807) is 0 Å². The monoisotopic (exact) mass is 350 g/mol. The highest BCUT2D eigenvalue weighted by atomic mass is 16.3. The van der Waals surface area contributed by atoms with Gasteiger partial charge in [0, 0.05) is 24.9 Å². The quantitative estimate of drug-likeness (QED) is 0.912. The topological polar surface area (TPSA) is 64.3 Å². The Hall–Kier alpha value is -1.86. The molecule has 1 N–H and O–H groups in total. The summed E-state index contributed by atoms with van der Waals surface area (Å²) in [7, 11) is 0. The number of rotatable bonds is 3. The molecule has 4 nitrogen and oxygen atoms in total. The number of nitrogens with zero attached hydrogens (tertiary/aromatic N) is 2. The smallest absolute Gasteiger partial charge is 0.223 e. The molecule has 0 unspecified atom stereocenters. The third-order valence-corrected chi connectivity index (χ3v) is 7.81. The highest BCUT2D eigenvalue weighted by molar-refractivity contribution is 5.79. The Labute approximate surface area is 154 Å². The third-order valence-electron chi connectivity index (χ3n) is 7.81. The van der Waals surface area contributed by atoms with E-state index in [2.05, 4.69) is 18.2 Å². The predicted octanol–water partition coefficient (Wildman–Crippen LogP) is 2.85. The maximum absolute atomic E-state index is 13.0. The largest absolute Gasteiger partial charge is 0.389 e. The number of nitriles is 1. The molecule has 1 amide bonds. The van der Waals surface area contributed by atoms with Crippen LogP contribution in [-0.2, 0) is 10.2 Å². The first-order valence-electron chi connectivity index (χ1n) is 10.0. The van der Waals surface area contributed by atoms with Crippen molar-refractivity contribution in [2.75, 3.05) is 13.1 Å². The molecule has 4 saturated carbocycles. The van der Waals surface area contributed by atoms with Crippen LogP contribution in [0.1, 0.15) is 49.7 Å². The summed E-state index contributed by atoms with van der Waals surface area (Å²) in [6.07, 6.45) is 6.63.